The molecule has 1 rings (SSSR count). The average molecular weight is 242 g/mol. The van der Waals surface area contributed by atoms with E-state index >= 15 is 0 Å². The van der Waals surface area contributed by atoms with E-state index < -0.39 is 9.84 Å². The molecule has 0 radical (unpaired) electrons. The third kappa shape index (κ3) is 3.62. The molecule has 0 amide bonds. The van der Waals surface area contributed by atoms with Crippen molar-refractivity contribution >= 4 is 21.9 Å². The van der Waals surface area contributed by atoms with Gasteiger partial charge in [-0.3, -0.25) is 4.79 Å². The second-order valence-electron chi connectivity index (χ2n) is 3.59. The molecule has 0 aliphatic heterocycles. The predicted octanol–water partition coefficient (Wildman–Crippen LogP) is 0.375. The zero-order chi connectivity index (χ0) is 12.2. The van der Waals surface area contributed by atoms with Crippen LogP contribution in [0.3, 0.4) is 0 Å². The van der Waals surface area contributed by atoms with Gasteiger partial charge in [0.15, 0.2) is 6.29 Å². The first-order valence-corrected chi connectivity index (χ1v) is 6.79. The Labute approximate surface area is 95.0 Å². The Morgan fingerprint density at radius 1 is 1.50 bits per heavy atom. The Kier molecular flexibility index (Phi) is 4.00. The van der Waals surface area contributed by atoms with Gasteiger partial charge in [-0.05, 0) is 12.1 Å². The number of nitrogens with zero attached hydrogens (tertiary/aromatic N) is 2. The van der Waals surface area contributed by atoms with E-state index in [1.165, 1.54) is 6.26 Å². The van der Waals surface area contributed by atoms with Crippen molar-refractivity contribution in [1.82, 2.24) is 4.98 Å². The maximum absolute atomic E-state index is 11.0. The number of rotatable bonds is 5. The number of hydrogen-bond acceptors (Lipinski definition) is 5. The van der Waals surface area contributed by atoms with Crippen molar-refractivity contribution in [2.75, 3.05) is 30.5 Å². The molecule has 0 unspecified atom stereocenters. The number of anilines is 1. The highest BCUT2D eigenvalue weighted by Gasteiger charge is 2.10. The topological polar surface area (TPSA) is 67.3 Å². The molecule has 0 bridgehead atoms. The third-order valence-corrected chi connectivity index (χ3v) is 3.03. The van der Waals surface area contributed by atoms with Gasteiger partial charge >= 0.3 is 0 Å². The largest absolute Gasteiger partial charge is 0.358 e. The minimum atomic E-state index is -3.00. The monoisotopic (exact) mass is 242 g/mol. The van der Waals surface area contributed by atoms with Crippen molar-refractivity contribution in [3.8, 4) is 0 Å². The van der Waals surface area contributed by atoms with Gasteiger partial charge < -0.3 is 4.90 Å². The molecule has 0 saturated carbocycles. The van der Waals surface area contributed by atoms with E-state index in [1.807, 2.05) is 0 Å². The van der Waals surface area contributed by atoms with E-state index in [-0.39, 0.29) is 5.75 Å². The summed E-state index contributed by atoms with van der Waals surface area (Å²) in [6.45, 7) is 0.316. The molecule has 0 aliphatic rings. The van der Waals surface area contributed by atoms with Gasteiger partial charge in [0, 0.05) is 26.0 Å². The minimum absolute atomic E-state index is 0.0401. The minimum Gasteiger partial charge on any atom is -0.358 e. The third-order valence-electron chi connectivity index (χ3n) is 2.10. The fourth-order valence-electron chi connectivity index (χ4n) is 1.23. The normalized spacial score (nSPS) is 11.1. The van der Waals surface area contributed by atoms with Gasteiger partial charge in [-0.2, -0.15) is 0 Å². The molecule has 1 aromatic heterocycles. The fraction of sp³-hybridized carbons (Fsp3) is 0.400. The van der Waals surface area contributed by atoms with E-state index in [1.54, 1.807) is 30.3 Å². The number of pyridine rings is 1. The van der Waals surface area contributed by atoms with Gasteiger partial charge in [0.1, 0.15) is 15.7 Å². The summed E-state index contributed by atoms with van der Waals surface area (Å²) in [4.78, 5) is 16.5. The van der Waals surface area contributed by atoms with Crippen LogP contribution in [-0.4, -0.2) is 45.3 Å². The molecule has 5 nitrogen and oxygen atoms in total. The van der Waals surface area contributed by atoms with Crippen LogP contribution in [0.1, 0.15) is 10.4 Å². The first-order chi connectivity index (χ1) is 7.44. The lowest BCUT2D eigenvalue weighted by Crippen LogP contribution is -2.26. The van der Waals surface area contributed by atoms with Gasteiger partial charge in [-0.1, -0.05) is 0 Å². The second kappa shape index (κ2) is 5.07. The lowest BCUT2D eigenvalue weighted by Gasteiger charge is -2.18. The van der Waals surface area contributed by atoms with Gasteiger partial charge in [0.2, 0.25) is 0 Å². The van der Waals surface area contributed by atoms with E-state index in [2.05, 4.69) is 4.98 Å². The Morgan fingerprint density at radius 3 is 2.75 bits per heavy atom. The summed E-state index contributed by atoms with van der Waals surface area (Å²) in [6.07, 6.45) is 3.46. The Hall–Kier alpha value is -1.43. The fourth-order valence-corrected chi connectivity index (χ4v) is 1.83. The van der Waals surface area contributed by atoms with Crippen LogP contribution in [-0.2, 0) is 9.84 Å². The van der Waals surface area contributed by atoms with Crippen LogP contribution in [0.2, 0.25) is 0 Å². The van der Waals surface area contributed by atoms with Crippen LogP contribution in [0.15, 0.2) is 18.3 Å². The molecule has 0 aromatic carbocycles. The second-order valence-corrected chi connectivity index (χ2v) is 5.85. The van der Waals surface area contributed by atoms with Crippen molar-refractivity contribution in [2.24, 2.45) is 0 Å². The molecule has 88 valence electrons. The maximum atomic E-state index is 11.0. The van der Waals surface area contributed by atoms with E-state index in [9.17, 15) is 13.2 Å². The quantitative estimate of drug-likeness (QED) is 0.698. The maximum Gasteiger partial charge on any atom is 0.153 e. The summed E-state index contributed by atoms with van der Waals surface area (Å²) < 4.78 is 22.0. The molecule has 1 aromatic rings. The van der Waals surface area contributed by atoms with Crippen LogP contribution in [0.4, 0.5) is 5.82 Å². The molecule has 0 spiro atoms. The Balaban J connectivity index is 2.80. The zero-order valence-electron chi connectivity index (χ0n) is 9.25. The lowest BCUT2D eigenvalue weighted by molar-refractivity contribution is 0.112. The first-order valence-electron chi connectivity index (χ1n) is 4.73. The van der Waals surface area contributed by atoms with Crippen LogP contribution >= 0.6 is 0 Å². The number of hydrogen-bond donors (Lipinski definition) is 0. The summed E-state index contributed by atoms with van der Waals surface area (Å²) in [5.41, 5.74) is 0.457. The van der Waals surface area contributed by atoms with Gasteiger partial charge in [0.25, 0.3) is 0 Å². The number of carbonyl (C=O) groups excluding carboxylic acids is 1. The highest BCUT2D eigenvalue weighted by Crippen LogP contribution is 2.13. The standard InChI is InChI=1S/C10H14N2O3S/c1-12(6-7-16(2,14)15)10-9(8-13)4-3-5-11-10/h3-5,8H,6-7H2,1-2H3. The van der Waals surface area contributed by atoms with Gasteiger partial charge in [0.05, 0.1) is 11.3 Å². The van der Waals surface area contributed by atoms with Crippen molar-refractivity contribution in [2.45, 2.75) is 0 Å². The molecule has 1 heterocycles. The molecule has 0 aliphatic carbocycles. The summed E-state index contributed by atoms with van der Waals surface area (Å²) in [6, 6.07) is 3.31. The van der Waals surface area contributed by atoms with Crippen molar-refractivity contribution in [1.29, 1.82) is 0 Å². The summed E-state index contributed by atoms with van der Waals surface area (Å²) in [5.74, 6) is 0.541. The highest BCUT2D eigenvalue weighted by molar-refractivity contribution is 7.90. The van der Waals surface area contributed by atoms with E-state index in [4.69, 9.17) is 0 Å². The summed E-state index contributed by atoms with van der Waals surface area (Å²) in [7, 11) is -1.30. The van der Waals surface area contributed by atoms with Gasteiger partial charge in [-0.25, -0.2) is 13.4 Å². The zero-order valence-corrected chi connectivity index (χ0v) is 10.1. The SMILES string of the molecule is CN(CCS(C)(=O)=O)c1ncccc1C=O. The lowest BCUT2D eigenvalue weighted by atomic mass is 10.2. The van der Waals surface area contributed by atoms with E-state index in [0.717, 1.165) is 0 Å². The number of carbonyl (C=O) groups is 1. The summed E-state index contributed by atoms with van der Waals surface area (Å²) >= 11 is 0. The smallest absolute Gasteiger partial charge is 0.153 e. The molecule has 6 heteroatoms. The van der Waals surface area contributed by atoms with Crippen LogP contribution in [0, 0.1) is 0 Å². The first kappa shape index (κ1) is 12.6. The predicted molar refractivity (Wildman–Crippen MR) is 62.6 cm³/mol. The summed E-state index contributed by atoms with van der Waals surface area (Å²) in [5, 5.41) is 0. The molecular formula is C10H14N2O3S. The molecule has 16 heavy (non-hydrogen) atoms. The average Bonchev–Trinajstić information content (AvgIpc) is 2.25. The van der Waals surface area contributed by atoms with Crippen molar-refractivity contribution in [3.05, 3.63) is 23.9 Å². The van der Waals surface area contributed by atoms with E-state index in [0.29, 0.717) is 24.2 Å². The molecule has 0 saturated heterocycles. The van der Waals surface area contributed by atoms with Crippen LogP contribution in [0.5, 0.6) is 0 Å². The number of aromatic nitrogens is 1. The highest BCUT2D eigenvalue weighted by atomic mass is 32.2. The van der Waals surface area contributed by atoms with Crippen LogP contribution in [0.25, 0.3) is 0 Å². The molecule has 0 fully saturated rings. The molecular weight excluding hydrogens is 228 g/mol. The molecule has 0 atom stereocenters. The molecule has 0 N–H and O–H groups in total. The van der Waals surface area contributed by atoms with Crippen molar-refractivity contribution < 1.29 is 13.2 Å². The number of aldehydes is 1. The van der Waals surface area contributed by atoms with Gasteiger partial charge in [-0.15, -0.1) is 0 Å². The van der Waals surface area contributed by atoms with Crippen molar-refractivity contribution in [3.63, 3.8) is 0 Å². The Morgan fingerprint density at radius 2 is 2.19 bits per heavy atom. The number of sulfone groups is 1. The Bertz CT molecular complexity index is 471. The van der Waals surface area contributed by atoms with Crippen LogP contribution < -0.4 is 4.90 Å².